The van der Waals surface area contributed by atoms with E-state index in [1.54, 1.807) is 12.3 Å². The highest BCUT2D eigenvalue weighted by Crippen LogP contribution is 2.15. The van der Waals surface area contributed by atoms with Gasteiger partial charge in [-0.05, 0) is 18.2 Å². The van der Waals surface area contributed by atoms with E-state index in [0.717, 1.165) is 6.07 Å². The number of benzene rings is 1. The zero-order valence-electron chi connectivity index (χ0n) is 6.67. The Bertz CT molecular complexity index is 407. The Balaban J connectivity index is 2.59. The number of hydrogen-bond acceptors (Lipinski definition) is 0. The molecule has 0 aliphatic rings. The van der Waals surface area contributed by atoms with Gasteiger partial charge in [-0.15, -0.1) is 0 Å². The first-order valence-corrected chi connectivity index (χ1v) is 3.77. The fourth-order valence-corrected chi connectivity index (χ4v) is 1.13. The summed E-state index contributed by atoms with van der Waals surface area (Å²) in [6.45, 7) is 0. The van der Waals surface area contributed by atoms with Crippen molar-refractivity contribution < 1.29 is 8.78 Å². The van der Waals surface area contributed by atoms with E-state index < -0.39 is 11.6 Å². The van der Waals surface area contributed by atoms with E-state index in [4.69, 9.17) is 0 Å². The molecule has 1 nitrogen and oxygen atoms in total. The van der Waals surface area contributed by atoms with Gasteiger partial charge in [0.25, 0.3) is 0 Å². The summed E-state index contributed by atoms with van der Waals surface area (Å²) in [4.78, 5) is 0. The van der Waals surface area contributed by atoms with E-state index in [0.29, 0.717) is 0 Å². The summed E-state index contributed by atoms with van der Waals surface area (Å²) in [5.74, 6) is -1.68. The molecule has 1 aromatic heterocycles. The molecule has 2 aromatic rings. The number of aromatic nitrogens is 1. The summed E-state index contributed by atoms with van der Waals surface area (Å²) in [6, 6.07) is 8.44. The molecule has 0 aliphatic carbocycles. The van der Waals surface area contributed by atoms with Crippen molar-refractivity contribution in [1.82, 2.24) is 4.57 Å². The highest BCUT2D eigenvalue weighted by Gasteiger charge is 2.07. The molecule has 0 aliphatic heterocycles. The second kappa shape index (κ2) is 3.01. The maximum atomic E-state index is 13.2. The van der Waals surface area contributed by atoms with Crippen LogP contribution in [0.3, 0.4) is 0 Å². The first kappa shape index (κ1) is 7.98. The molecule has 65 valence electrons. The molecule has 0 saturated heterocycles. The van der Waals surface area contributed by atoms with E-state index in [2.05, 4.69) is 6.07 Å². The molecule has 2 rings (SSSR count). The van der Waals surface area contributed by atoms with Gasteiger partial charge in [0.2, 0.25) is 0 Å². The summed E-state index contributed by atoms with van der Waals surface area (Å²) in [5.41, 5.74) is 0.196. The largest absolute Gasteiger partial charge is 0.321 e. The van der Waals surface area contributed by atoms with Crippen LogP contribution in [0.2, 0.25) is 0 Å². The first-order valence-electron chi connectivity index (χ1n) is 3.77. The quantitative estimate of drug-likeness (QED) is 0.632. The number of nitrogens with zero attached hydrogens (tertiary/aromatic N) is 1. The summed E-state index contributed by atoms with van der Waals surface area (Å²) < 4.78 is 27.4. The van der Waals surface area contributed by atoms with Crippen LogP contribution in [-0.2, 0) is 0 Å². The topological polar surface area (TPSA) is 4.93 Å². The summed E-state index contributed by atoms with van der Waals surface area (Å²) >= 11 is 0. The van der Waals surface area contributed by atoms with Gasteiger partial charge in [-0.3, -0.25) is 0 Å². The molecule has 1 aromatic carbocycles. The molecular weight excluding hydrogens is 172 g/mol. The van der Waals surface area contributed by atoms with Crippen LogP contribution in [-0.4, -0.2) is 4.57 Å². The minimum atomic E-state index is -0.841. The van der Waals surface area contributed by atoms with Crippen molar-refractivity contribution in [2.24, 2.45) is 0 Å². The fraction of sp³-hybridized carbons (Fsp3) is 0. The molecule has 0 bridgehead atoms. The Labute approximate surface area is 74.2 Å². The molecular formula is C10H6F2N. The SMILES string of the molecule is Fc1cccc(-n2c[c]cc2)c1F. The average Bonchev–Trinajstić information content (AvgIpc) is 2.62. The molecule has 0 amide bonds. The van der Waals surface area contributed by atoms with Crippen LogP contribution in [0, 0.1) is 17.7 Å². The van der Waals surface area contributed by atoms with Gasteiger partial charge in [0.1, 0.15) is 0 Å². The van der Waals surface area contributed by atoms with Crippen molar-refractivity contribution in [2.45, 2.75) is 0 Å². The van der Waals surface area contributed by atoms with Crippen LogP contribution in [0.5, 0.6) is 0 Å². The average molecular weight is 178 g/mol. The van der Waals surface area contributed by atoms with Gasteiger partial charge in [0.05, 0.1) is 5.69 Å². The second-order valence-corrected chi connectivity index (χ2v) is 2.59. The lowest BCUT2D eigenvalue weighted by molar-refractivity contribution is 0.504. The lowest BCUT2D eigenvalue weighted by Gasteiger charge is -2.03. The standard InChI is InChI=1S/C10H6F2N/c11-8-4-3-5-9(10(8)12)13-6-1-2-7-13/h1,3-7H. The van der Waals surface area contributed by atoms with Gasteiger partial charge in [-0.2, -0.15) is 0 Å². The van der Waals surface area contributed by atoms with Crippen LogP contribution in [0.1, 0.15) is 0 Å². The third kappa shape index (κ3) is 1.33. The van der Waals surface area contributed by atoms with E-state index in [1.807, 2.05) is 0 Å². The van der Waals surface area contributed by atoms with Gasteiger partial charge in [-0.1, -0.05) is 6.07 Å². The normalized spacial score (nSPS) is 10.3. The van der Waals surface area contributed by atoms with Crippen molar-refractivity contribution in [3.8, 4) is 5.69 Å². The third-order valence-corrected chi connectivity index (χ3v) is 1.75. The summed E-state index contributed by atoms with van der Waals surface area (Å²) in [5, 5.41) is 0. The molecule has 3 heteroatoms. The van der Waals surface area contributed by atoms with Crippen LogP contribution in [0.15, 0.2) is 36.7 Å². The minimum Gasteiger partial charge on any atom is -0.321 e. The molecule has 0 saturated carbocycles. The predicted octanol–water partition coefficient (Wildman–Crippen LogP) is 2.56. The monoisotopic (exact) mass is 178 g/mol. The fourth-order valence-electron chi connectivity index (χ4n) is 1.13. The van der Waals surface area contributed by atoms with Gasteiger partial charge in [-0.25, -0.2) is 8.78 Å². The zero-order valence-corrected chi connectivity index (χ0v) is 6.67. The Morgan fingerprint density at radius 3 is 2.77 bits per heavy atom. The van der Waals surface area contributed by atoms with Crippen LogP contribution in [0.4, 0.5) is 8.78 Å². The van der Waals surface area contributed by atoms with Gasteiger partial charge >= 0.3 is 0 Å². The van der Waals surface area contributed by atoms with Crippen LogP contribution in [0.25, 0.3) is 5.69 Å². The number of hydrogen-bond donors (Lipinski definition) is 0. The van der Waals surface area contributed by atoms with Crippen molar-refractivity contribution in [3.63, 3.8) is 0 Å². The van der Waals surface area contributed by atoms with Crippen molar-refractivity contribution in [3.05, 3.63) is 54.4 Å². The van der Waals surface area contributed by atoms with Gasteiger partial charge in [0, 0.05) is 18.5 Å². The molecule has 0 unspecified atom stereocenters. The van der Waals surface area contributed by atoms with Crippen molar-refractivity contribution >= 4 is 0 Å². The Morgan fingerprint density at radius 1 is 1.23 bits per heavy atom. The van der Waals surface area contributed by atoms with Gasteiger partial charge < -0.3 is 4.57 Å². The molecule has 1 heterocycles. The molecule has 1 radical (unpaired) electrons. The van der Waals surface area contributed by atoms with Gasteiger partial charge in [0.15, 0.2) is 11.6 Å². The lowest BCUT2D eigenvalue weighted by atomic mass is 10.3. The number of halogens is 2. The van der Waals surface area contributed by atoms with E-state index in [1.165, 1.54) is 22.9 Å². The minimum absolute atomic E-state index is 0.196. The highest BCUT2D eigenvalue weighted by atomic mass is 19.2. The Hall–Kier alpha value is -1.64. The van der Waals surface area contributed by atoms with Crippen molar-refractivity contribution in [2.75, 3.05) is 0 Å². The maximum absolute atomic E-state index is 13.2. The summed E-state index contributed by atoms with van der Waals surface area (Å²) in [6.07, 6.45) is 3.15. The van der Waals surface area contributed by atoms with E-state index in [-0.39, 0.29) is 5.69 Å². The Kier molecular flexibility index (Phi) is 1.85. The maximum Gasteiger partial charge on any atom is 0.182 e. The molecule has 0 atom stereocenters. The third-order valence-electron chi connectivity index (χ3n) is 1.75. The smallest absolute Gasteiger partial charge is 0.182 e. The lowest BCUT2D eigenvalue weighted by Crippen LogP contribution is -1.96. The van der Waals surface area contributed by atoms with E-state index in [9.17, 15) is 8.78 Å². The van der Waals surface area contributed by atoms with Crippen molar-refractivity contribution in [1.29, 1.82) is 0 Å². The molecule has 13 heavy (non-hydrogen) atoms. The summed E-state index contributed by atoms with van der Waals surface area (Å²) in [7, 11) is 0. The highest BCUT2D eigenvalue weighted by molar-refractivity contribution is 5.34. The van der Waals surface area contributed by atoms with E-state index >= 15 is 0 Å². The number of rotatable bonds is 1. The van der Waals surface area contributed by atoms with Crippen LogP contribution < -0.4 is 0 Å². The zero-order chi connectivity index (χ0) is 9.26. The molecule has 0 N–H and O–H groups in total. The van der Waals surface area contributed by atoms with Crippen LogP contribution >= 0.6 is 0 Å². The predicted molar refractivity (Wildman–Crippen MR) is 44.5 cm³/mol. The molecule has 0 spiro atoms. The first-order chi connectivity index (χ1) is 6.29. The second-order valence-electron chi connectivity index (χ2n) is 2.59. The molecule has 0 fully saturated rings. The Morgan fingerprint density at radius 2 is 2.08 bits per heavy atom.